The maximum Gasteiger partial charge on any atom is 0.273 e. The van der Waals surface area contributed by atoms with E-state index >= 15 is 0 Å². The largest absolute Gasteiger partial charge is 0.350 e. The van der Waals surface area contributed by atoms with Gasteiger partial charge in [-0.05, 0) is 24.5 Å². The van der Waals surface area contributed by atoms with E-state index in [1.165, 1.54) is 11.1 Å². The van der Waals surface area contributed by atoms with Crippen LogP contribution in [0.5, 0.6) is 0 Å². The predicted octanol–water partition coefficient (Wildman–Crippen LogP) is 2.61. The van der Waals surface area contributed by atoms with Gasteiger partial charge < -0.3 is 10.2 Å². The van der Waals surface area contributed by atoms with E-state index in [9.17, 15) is 9.59 Å². The third-order valence-electron chi connectivity index (χ3n) is 5.55. The Kier molecular flexibility index (Phi) is 6.40. The molecule has 160 valence electrons. The summed E-state index contributed by atoms with van der Waals surface area (Å²) >= 11 is 0. The van der Waals surface area contributed by atoms with E-state index in [2.05, 4.69) is 33.8 Å². The van der Waals surface area contributed by atoms with Crippen LogP contribution < -0.4 is 5.32 Å². The van der Waals surface area contributed by atoms with Gasteiger partial charge in [-0.15, -0.1) is 5.10 Å². The van der Waals surface area contributed by atoms with Crippen LogP contribution in [0.2, 0.25) is 0 Å². The summed E-state index contributed by atoms with van der Waals surface area (Å²) in [6.07, 6.45) is 2.95. The van der Waals surface area contributed by atoms with Crippen molar-refractivity contribution in [2.75, 3.05) is 13.1 Å². The summed E-state index contributed by atoms with van der Waals surface area (Å²) in [5.41, 5.74) is 3.83. The molecule has 7 nitrogen and oxygen atoms in total. The van der Waals surface area contributed by atoms with Gasteiger partial charge in [0.05, 0.1) is 6.20 Å². The molecule has 2 amide bonds. The first kappa shape index (κ1) is 20.8. The molecule has 1 aliphatic heterocycles. The quantitative estimate of drug-likeness (QED) is 0.611. The summed E-state index contributed by atoms with van der Waals surface area (Å²) in [7, 11) is 0. The molecule has 1 aromatic heterocycles. The van der Waals surface area contributed by atoms with Crippen molar-refractivity contribution in [2.45, 2.75) is 32.9 Å². The second-order valence-electron chi connectivity index (χ2n) is 8.15. The Balaban J connectivity index is 1.24. The zero-order chi connectivity index (χ0) is 21.6. The van der Waals surface area contributed by atoms with Crippen LogP contribution in [0.15, 0.2) is 60.8 Å². The van der Waals surface area contributed by atoms with Crippen molar-refractivity contribution >= 4 is 11.8 Å². The molecule has 4 rings (SSSR count). The van der Waals surface area contributed by atoms with E-state index in [-0.39, 0.29) is 17.7 Å². The van der Waals surface area contributed by atoms with Crippen molar-refractivity contribution in [3.8, 4) is 0 Å². The Hall–Kier alpha value is -3.48. The highest BCUT2D eigenvalue weighted by Gasteiger charge is 2.30. The summed E-state index contributed by atoms with van der Waals surface area (Å²) in [4.78, 5) is 26.7. The van der Waals surface area contributed by atoms with Crippen LogP contribution in [0.4, 0.5) is 0 Å². The van der Waals surface area contributed by atoms with Gasteiger partial charge in [-0.2, -0.15) is 0 Å². The van der Waals surface area contributed by atoms with E-state index in [1.54, 1.807) is 10.9 Å². The number of aryl methyl sites for hydroxylation is 3. The molecule has 31 heavy (non-hydrogen) atoms. The third-order valence-corrected chi connectivity index (χ3v) is 5.55. The lowest BCUT2D eigenvalue weighted by Crippen LogP contribution is -2.31. The molecule has 0 bridgehead atoms. The van der Waals surface area contributed by atoms with Crippen molar-refractivity contribution in [3.05, 3.63) is 83.2 Å². The van der Waals surface area contributed by atoms with Gasteiger partial charge in [0, 0.05) is 38.5 Å². The van der Waals surface area contributed by atoms with E-state index in [0.717, 1.165) is 12.0 Å². The molecule has 1 saturated heterocycles. The molecule has 1 unspecified atom stereocenters. The average Bonchev–Trinajstić information content (AvgIpc) is 3.38. The standard InChI is InChI=1S/C24H27N5O2/c1-18-6-5-9-20(12-18)15-28-16-21(13-23(28)30)14-25-24(31)22-17-29(27-26-22)11-10-19-7-3-2-4-8-19/h2-9,12,17,21H,10-11,13-16H2,1H3,(H,25,31). The molecule has 2 aromatic carbocycles. The zero-order valence-electron chi connectivity index (χ0n) is 17.7. The first-order valence-corrected chi connectivity index (χ1v) is 10.6. The SMILES string of the molecule is Cc1cccc(CN2CC(CNC(=O)c3cn(CCc4ccccc4)nn3)CC2=O)c1. The second kappa shape index (κ2) is 9.55. The number of likely N-dealkylation sites (tertiary alicyclic amines) is 1. The number of hydrogen-bond donors (Lipinski definition) is 1. The molecule has 0 radical (unpaired) electrons. The lowest BCUT2D eigenvalue weighted by atomic mass is 10.1. The normalized spacial score (nSPS) is 16.0. The maximum absolute atomic E-state index is 12.5. The molecule has 1 N–H and O–H groups in total. The zero-order valence-corrected chi connectivity index (χ0v) is 17.7. The number of rotatable bonds is 8. The lowest BCUT2D eigenvalue weighted by Gasteiger charge is -2.17. The molecular formula is C24H27N5O2. The predicted molar refractivity (Wildman–Crippen MR) is 117 cm³/mol. The first-order chi connectivity index (χ1) is 15.1. The minimum Gasteiger partial charge on any atom is -0.350 e. The topological polar surface area (TPSA) is 80.1 Å². The minimum absolute atomic E-state index is 0.106. The van der Waals surface area contributed by atoms with Gasteiger partial charge in [-0.1, -0.05) is 65.4 Å². The van der Waals surface area contributed by atoms with Crippen LogP contribution in [0.25, 0.3) is 0 Å². The van der Waals surface area contributed by atoms with Gasteiger partial charge in [0.15, 0.2) is 5.69 Å². The molecule has 1 atom stereocenters. The molecule has 1 aliphatic rings. The van der Waals surface area contributed by atoms with Crippen LogP contribution in [0.1, 0.15) is 33.6 Å². The van der Waals surface area contributed by atoms with Crippen molar-refractivity contribution in [3.63, 3.8) is 0 Å². The highest BCUT2D eigenvalue weighted by atomic mass is 16.2. The number of carbonyl (C=O) groups excluding carboxylic acids is 2. The van der Waals surface area contributed by atoms with Crippen molar-refractivity contribution < 1.29 is 9.59 Å². The highest BCUT2D eigenvalue weighted by molar-refractivity contribution is 5.91. The summed E-state index contributed by atoms with van der Waals surface area (Å²) in [5.74, 6) is -0.0162. The van der Waals surface area contributed by atoms with Gasteiger partial charge >= 0.3 is 0 Å². The van der Waals surface area contributed by atoms with E-state index < -0.39 is 0 Å². The van der Waals surface area contributed by atoms with Gasteiger partial charge in [0.25, 0.3) is 5.91 Å². The Morgan fingerprint density at radius 3 is 2.74 bits per heavy atom. The fourth-order valence-corrected chi connectivity index (χ4v) is 3.90. The lowest BCUT2D eigenvalue weighted by molar-refractivity contribution is -0.128. The van der Waals surface area contributed by atoms with E-state index in [1.807, 2.05) is 48.2 Å². The third kappa shape index (κ3) is 5.57. The van der Waals surface area contributed by atoms with Crippen LogP contribution in [-0.4, -0.2) is 44.8 Å². The maximum atomic E-state index is 12.5. The molecule has 3 aromatic rings. The fraction of sp³-hybridized carbons (Fsp3) is 0.333. The van der Waals surface area contributed by atoms with Crippen LogP contribution >= 0.6 is 0 Å². The van der Waals surface area contributed by atoms with Crippen molar-refractivity contribution in [2.24, 2.45) is 5.92 Å². The Bertz CT molecular complexity index is 1050. The summed E-state index contributed by atoms with van der Waals surface area (Å²) < 4.78 is 1.69. The average molecular weight is 418 g/mol. The van der Waals surface area contributed by atoms with Gasteiger partial charge in [-0.25, -0.2) is 0 Å². The minimum atomic E-state index is -0.254. The number of nitrogens with one attached hydrogen (secondary N) is 1. The monoisotopic (exact) mass is 417 g/mol. The molecule has 7 heteroatoms. The van der Waals surface area contributed by atoms with Crippen LogP contribution in [0.3, 0.4) is 0 Å². The highest BCUT2D eigenvalue weighted by Crippen LogP contribution is 2.20. The number of nitrogens with zero attached hydrogens (tertiary/aromatic N) is 4. The number of carbonyl (C=O) groups is 2. The second-order valence-corrected chi connectivity index (χ2v) is 8.15. The molecule has 0 saturated carbocycles. The molecule has 0 spiro atoms. The Labute approximate surface area is 182 Å². The number of hydrogen-bond acceptors (Lipinski definition) is 4. The molecular weight excluding hydrogens is 390 g/mol. The van der Waals surface area contributed by atoms with E-state index in [4.69, 9.17) is 0 Å². The summed E-state index contributed by atoms with van der Waals surface area (Å²) in [6, 6.07) is 18.3. The van der Waals surface area contributed by atoms with Gasteiger partial charge in [0.2, 0.25) is 5.91 Å². The van der Waals surface area contributed by atoms with Crippen LogP contribution in [-0.2, 0) is 24.3 Å². The summed E-state index contributed by atoms with van der Waals surface area (Å²) in [5, 5.41) is 11.0. The van der Waals surface area contributed by atoms with Crippen molar-refractivity contribution in [1.29, 1.82) is 0 Å². The van der Waals surface area contributed by atoms with Gasteiger partial charge in [0.1, 0.15) is 0 Å². The number of amides is 2. The molecule has 0 aliphatic carbocycles. The summed E-state index contributed by atoms with van der Waals surface area (Å²) in [6.45, 7) is 4.42. The Morgan fingerprint density at radius 2 is 1.94 bits per heavy atom. The first-order valence-electron chi connectivity index (χ1n) is 10.6. The van der Waals surface area contributed by atoms with Gasteiger partial charge in [-0.3, -0.25) is 14.3 Å². The molecule has 1 fully saturated rings. The van der Waals surface area contributed by atoms with Crippen LogP contribution in [0, 0.1) is 12.8 Å². The Morgan fingerprint density at radius 1 is 1.13 bits per heavy atom. The van der Waals surface area contributed by atoms with Crippen molar-refractivity contribution in [1.82, 2.24) is 25.2 Å². The molecule has 2 heterocycles. The fourth-order valence-electron chi connectivity index (χ4n) is 3.90. The van der Waals surface area contributed by atoms with E-state index in [0.29, 0.717) is 38.3 Å². The smallest absolute Gasteiger partial charge is 0.273 e. The number of aromatic nitrogens is 3. The number of benzene rings is 2.